The largest absolute Gasteiger partial charge is 0.467 e. The molecule has 0 aliphatic rings. The topological polar surface area (TPSA) is 58.0 Å². The van der Waals surface area contributed by atoms with Crippen molar-refractivity contribution in [1.29, 1.82) is 0 Å². The van der Waals surface area contributed by atoms with Crippen LogP contribution in [0.5, 0.6) is 0 Å². The van der Waals surface area contributed by atoms with E-state index in [0.29, 0.717) is 12.2 Å². The zero-order valence-corrected chi connectivity index (χ0v) is 10.0. The van der Waals surface area contributed by atoms with Gasteiger partial charge in [-0.25, -0.2) is 0 Å². The van der Waals surface area contributed by atoms with Gasteiger partial charge in [-0.3, -0.25) is 4.79 Å². The molecule has 2 heterocycles. The first-order valence-electron chi connectivity index (χ1n) is 5.69. The Hall–Kier alpha value is -1.97. The standard InChI is InChI=1S/C13H16N2O2/c1-3-10-7-12(13(16)15-9(10)2)14-8-11-5-4-6-17-11/h4-7,14H,3,8H2,1-2H3,(H,15,16). The molecule has 17 heavy (non-hydrogen) atoms. The molecule has 4 heteroatoms. The molecule has 0 atom stereocenters. The Morgan fingerprint density at radius 1 is 1.47 bits per heavy atom. The minimum atomic E-state index is -0.0914. The first-order valence-corrected chi connectivity index (χ1v) is 5.69. The quantitative estimate of drug-likeness (QED) is 0.851. The second-order valence-corrected chi connectivity index (χ2v) is 3.95. The van der Waals surface area contributed by atoms with Gasteiger partial charge in [0.15, 0.2) is 0 Å². The van der Waals surface area contributed by atoms with Crippen LogP contribution in [0.3, 0.4) is 0 Å². The van der Waals surface area contributed by atoms with E-state index >= 15 is 0 Å². The average Bonchev–Trinajstić information content (AvgIpc) is 2.81. The second-order valence-electron chi connectivity index (χ2n) is 3.95. The van der Waals surface area contributed by atoms with Crippen molar-refractivity contribution in [2.75, 3.05) is 5.32 Å². The van der Waals surface area contributed by atoms with Gasteiger partial charge in [0.2, 0.25) is 0 Å². The maximum Gasteiger partial charge on any atom is 0.271 e. The van der Waals surface area contributed by atoms with Crippen molar-refractivity contribution in [2.45, 2.75) is 26.8 Å². The van der Waals surface area contributed by atoms with Gasteiger partial charge in [0, 0.05) is 5.69 Å². The summed E-state index contributed by atoms with van der Waals surface area (Å²) in [6.45, 7) is 4.50. The van der Waals surface area contributed by atoms with Crippen molar-refractivity contribution in [3.8, 4) is 0 Å². The monoisotopic (exact) mass is 232 g/mol. The molecule has 0 aromatic carbocycles. The third-order valence-corrected chi connectivity index (χ3v) is 2.76. The number of nitrogens with one attached hydrogen (secondary N) is 2. The molecule has 0 radical (unpaired) electrons. The van der Waals surface area contributed by atoms with E-state index < -0.39 is 0 Å². The van der Waals surface area contributed by atoms with E-state index in [9.17, 15) is 4.79 Å². The summed E-state index contributed by atoms with van der Waals surface area (Å²) in [7, 11) is 0. The maximum atomic E-state index is 11.7. The highest BCUT2D eigenvalue weighted by molar-refractivity contribution is 5.44. The molecule has 4 nitrogen and oxygen atoms in total. The second kappa shape index (κ2) is 4.91. The van der Waals surface area contributed by atoms with Gasteiger partial charge in [-0.1, -0.05) is 6.92 Å². The van der Waals surface area contributed by atoms with Crippen LogP contribution in [0.4, 0.5) is 5.69 Å². The molecule has 2 N–H and O–H groups in total. The number of H-pyrrole nitrogens is 1. The highest BCUT2D eigenvalue weighted by Gasteiger charge is 2.04. The molecule has 0 aliphatic heterocycles. The fraction of sp³-hybridized carbons (Fsp3) is 0.308. The zero-order chi connectivity index (χ0) is 12.3. The zero-order valence-electron chi connectivity index (χ0n) is 10.0. The van der Waals surface area contributed by atoms with Gasteiger partial charge in [0.1, 0.15) is 11.4 Å². The molecule has 0 unspecified atom stereocenters. The lowest BCUT2D eigenvalue weighted by Gasteiger charge is -2.08. The highest BCUT2D eigenvalue weighted by Crippen LogP contribution is 2.10. The predicted molar refractivity (Wildman–Crippen MR) is 67.2 cm³/mol. The number of anilines is 1. The molecule has 0 aliphatic carbocycles. The van der Waals surface area contributed by atoms with Crippen molar-refractivity contribution in [2.24, 2.45) is 0 Å². The van der Waals surface area contributed by atoms with Crippen LogP contribution in [-0.2, 0) is 13.0 Å². The van der Waals surface area contributed by atoms with Crippen LogP contribution in [-0.4, -0.2) is 4.98 Å². The first kappa shape index (κ1) is 11.5. The van der Waals surface area contributed by atoms with E-state index in [-0.39, 0.29) is 5.56 Å². The Morgan fingerprint density at radius 2 is 2.29 bits per heavy atom. The molecule has 2 aromatic rings. The molecule has 0 bridgehead atoms. The molecule has 0 fully saturated rings. The summed E-state index contributed by atoms with van der Waals surface area (Å²) < 4.78 is 5.20. The first-order chi connectivity index (χ1) is 8.20. The van der Waals surface area contributed by atoms with Crippen molar-refractivity contribution < 1.29 is 4.42 Å². The van der Waals surface area contributed by atoms with Gasteiger partial charge in [0.25, 0.3) is 5.56 Å². The Balaban J connectivity index is 2.18. The van der Waals surface area contributed by atoms with Crippen LogP contribution >= 0.6 is 0 Å². The lowest BCUT2D eigenvalue weighted by Crippen LogP contribution is -2.16. The maximum absolute atomic E-state index is 11.7. The summed E-state index contributed by atoms with van der Waals surface area (Å²) in [6, 6.07) is 5.60. The molecule has 2 rings (SSSR count). The summed E-state index contributed by atoms with van der Waals surface area (Å²) in [5.74, 6) is 0.808. The predicted octanol–water partition coefficient (Wildman–Crippen LogP) is 2.45. The van der Waals surface area contributed by atoms with E-state index in [1.807, 2.05) is 25.1 Å². The fourth-order valence-electron chi connectivity index (χ4n) is 1.76. The smallest absolute Gasteiger partial charge is 0.271 e. The molecule has 0 saturated carbocycles. The summed E-state index contributed by atoms with van der Waals surface area (Å²) in [5, 5.41) is 3.08. The Labute approximate surface area is 99.7 Å². The summed E-state index contributed by atoms with van der Waals surface area (Å²) in [5.41, 5.74) is 2.57. The SMILES string of the molecule is CCc1cc(NCc2ccco2)c(=O)[nH]c1C. The Morgan fingerprint density at radius 3 is 2.94 bits per heavy atom. The molecular formula is C13H16N2O2. The van der Waals surface area contributed by atoms with E-state index in [0.717, 1.165) is 23.4 Å². The fourth-order valence-corrected chi connectivity index (χ4v) is 1.76. The van der Waals surface area contributed by atoms with Crippen molar-refractivity contribution in [1.82, 2.24) is 4.98 Å². The lowest BCUT2D eigenvalue weighted by atomic mass is 10.1. The van der Waals surface area contributed by atoms with Crippen molar-refractivity contribution in [3.63, 3.8) is 0 Å². The van der Waals surface area contributed by atoms with Crippen LogP contribution < -0.4 is 10.9 Å². The summed E-state index contributed by atoms with van der Waals surface area (Å²) in [4.78, 5) is 14.6. The number of pyridine rings is 1. The molecule has 90 valence electrons. The number of furan rings is 1. The van der Waals surface area contributed by atoms with Gasteiger partial charge < -0.3 is 14.7 Å². The number of rotatable bonds is 4. The number of aromatic amines is 1. The van der Waals surface area contributed by atoms with Crippen LogP contribution in [0.15, 0.2) is 33.7 Å². The third-order valence-electron chi connectivity index (χ3n) is 2.76. The molecule has 0 amide bonds. The van der Waals surface area contributed by atoms with E-state index in [1.165, 1.54) is 0 Å². The minimum Gasteiger partial charge on any atom is -0.467 e. The molecule has 2 aromatic heterocycles. The van der Waals surface area contributed by atoms with Crippen molar-refractivity contribution in [3.05, 3.63) is 51.8 Å². The van der Waals surface area contributed by atoms with Gasteiger partial charge >= 0.3 is 0 Å². The normalized spacial score (nSPS) is 10.5. The van der Waals surface area contributed by atoms with Gasteiger partial charge in [0.05, 0.1) is 12.8 Å². The lowest BCUT2D eigenvalue weighted by molar-refractivity contribution is 0.518. The van der Waals surface area contributed by atoms with E-state index in [1.54, 1.807) is 6.26 Å². The summed E-state index contributed by atoms with van der Waals surface area (Å²) in [6.07, 6.45) is 2.52. The van der Waals surface area contributed by atoms with Crippen LogP contribution in [0, 0.1) is 6.92 Å². The average molecular weight is 232 g/mol. The Bertz CT molecular complexity index is 541. The molecular weight excluding hydrogens is 216 g/mol. The molecule has 0 saturated heterocycles. The highest BCUT2D eigenvalue weighted by atomic mass is 16.3. The number of hydrogen-bond donors (Lipinski definition) is 2. The van der Waals surface area contributed by atoms with Crippen molar-refractivity contribution >= 4 is 5.69 Å². The minimum absolute atomic E-state index is 0.0914. The van der Waals surface area contributed by atoms with Crippen LogP contribution in [0.25, 0.3) is 0 Å². The third kappa shape index (κ3) is 2.58. The number of hydrogen-bond acceptors (Lipinski definition) is 3. The van der Waals surface area contributed by atoms with Crippen LogP contribution in [0.1, 0.15) is 23.9 Å². The van der Waals surface area contributed by atoms with E-state index in [4.69, 9.17) is 4.42 Å². The number of aromatic nitrogens is 1. The number of aryl methyl sites for hydroxylation is 2. The van der Waals surface area contributed by atoms with Gasteiger partial charge in [-0.05, 0) is 37.1 Å². The summed E-state index contributed by atoms with van der Waals surface area (Å²) >= 11 is 0. The molecule has 0 spiro atoms. The van der Waals surface area contributed by atoms with Crippen LogP contribution in [0.2, 0.25) is 0 Å². The van der Waals surface area contributed by atoms with E-state index in [2.05, 4.69) is 17.2 Å². The Kier molecular flexibility index (Phi) is 3.32. The van der Waals surface area contributed by atoms with Gasteiger partial charge in [-0.15, -0.1) is 0 Å². The van der Waals surface area contributed by atoms with Gasteiger partial charge in [-0.2, -0.15) is 0 Å².